The summed E-state index contributed by atoms with van der Waals surface area (Å²) in [6.45, 7) is 8.46. The maximum Gasteiger partial charge on any atom is 0.198 e. The Morgan fingerprint density at radius 3 is 2.21 bits per heavy atom. The number of ketones is 2. The molecule has 4 heteroatoms. The Bertz CT molecular complexity index is 990. The Kier molecular flexibility index (Phi) is 6.53. The highest BCUT2D eigenvalue weighted by atomic mass is 16.1. The number of hydrogen-bond donors (Lipinski definition) is 1. The summed E-state index contributed by atoms with van der Waals surface area (Å²) in [6.07, 6.45) is 7.17. The van der Waals surface area contributed by atoms with Crippen LogP contribution in [0.3, 0.4) is 0 Å². The third-order valence-electron chi connectivity index (χ3n) is 5.59. The smallest absolute Gasteiger partial charge is 0.198 e. The van der Waals surface area contributed by atoms with Gasteiger partial charge in [-0.25, -0.2) is 0 Å². The van der Waals surface area contributed by atoms with Crippen molar-refractivity contribution in [2.24, 2.45) is 0 Å². The highest BCUT2D eigenvalue weighted by Gasteiger charge is 2.23. The second-order valence-electron chi connectivity index (χ2n) is 7.89. The Hall–Kier alpha value is -2.88. The summed E-state index contributed by atoms with van der Waals surface area (Å²) < 4.78 is 1.93. The zero-order chi connectivity index (χ0) is 21.0. The van der Waals surface area contributed by atoms with Gasteiger partial charge in [-0.3, -0.25) is 9.59 Å². The van der Waals surface area contributed by atoms with Crippen LogP contribution in [0.2, 0.25) is 0 Å². The van der Waals surface area contributed by atoms with Crippen molar-refractivity contribution in [2.45, 2.75) is 59.9 Å². The molecule has 0 saturated heterocycles. The lowest BCUT2D eigenvalue weighted by molar-refractivity contribution is 0.0967. The van der Waals surface area contributed by atoms with Gasteiger partial charge in [0.15, 0.2) is 11.6 Å². The minimum absolute atomic E-state index is 0.0213. The standard InChI is InChI=1S/C25H30N2O2/c1-5-6-12-21-19(4)24(22(28)13-20-10-8-7-9-11-20)26-25(21)23(29)16-27-14-17(2)18(3)15-27/h7-11,14-15,26H,5-6,12-13,16H2,1-4H3. The second kappa shape index (κ2) is 9.08. The van der Waals surface area contributed by atoms with Gasteiger partial charge in [-0.2, -0.15) is 0 Å². The first-order valence-electron chi connectivity index (χ1n) is 10.4. The van der Waals surface area contributed by atoms with Gasteiger partial charge >= 0.3 is 0 Å². The molecule has 0 aliphatic carbocycles. The Morgan fingerprint density at radius 2 is 1.59 bits per heavy atom. The van der Waals surface area contributed by atoms with E-state index in [9.17, 15) is 9.59 Å². The van der Waals surface area contributed by atoms with Gasteiger partial charge in [-0.15, -0.1) is 0 Å². The third-order valence-corrected chi connectivity index (χ3v) is 5.59. The Labute approximate surface area is 173 Å². The molecule has 0 aliphatic rings. The first kappa shape index (κ1) is 20.8. The van der Waals surface area contributed by atoms with Crippen LogP contribution >= 0.6 is 0 Å². The molecule has 29 heavy (non-hydrogen) atoms. The highest BCUT2D eigenvalue weighted by molar-refractivity contribution is 6.02. The number of aromatic amines is 1. The van der Waals surface area contributed by atoms with Gasteiger partial charge in [0.05, 0.1) is 17.9 Å². The molecule has 3 aromatic rings. The fraction of sp³-hybridized carbons (Fsp3) is 0.360. The molecule has 0 bridgehead atoms. The second-order valence-corrected chi connectivity index (χ2v) is 7.89. The fourth-order valence-corrected chi connectivity index (χ4v) is 3.76. The number of nitrogens with one attached hydrogen (secondary N) is 1. The molecule has 2 heterocycles. The maximum absolute atomic E-state index is 13.1. The zero-order valence-electron chi connectivity index (χ0n) is 17.8. The molecule has 0 amide bonds. The zero-order valence-corrected chi connectivity index (χ0v) is 17.8. The summed E-state index contributed by atoms with van der Waals surface area (Å²) in [4.78, 5) is 29.3. The number of rotatable bonds is 9. The van der Waals surface area contributed by atoms with Crippen molar-refractivity contribution in [3.63, 3.8) is 0 Å². The van der Waals surface area contributed by atoms with Crippen LogP contribution in [0.25, 0.3) is 0 Å². The van der Waals surface area contributed by atoms with E-state index in [0.29, 0.717) is 17.8 Å². The van der Waals surface area contributed by atoms with Crippen molar-refractivity contribution in [2.75, 3.05) is 0 Å². The van der Waals surface area contributed by atoms with E-state index >= 15 is 0 Å². The number of H-pyrrole nitrogens is 1. The van der Waals surface area contributed by atoms with E-state index in [1.165, 1.54) is 11.1 Å². The molecule has 0 radical (unpaired) electrons. The molecular weight excluding hydrogens is 360 g/mol. The average molecular weight is 391 g/mol. The van der Waals surface area contributed by atoms with E-state index in [2.05, 4.69) is 11.9 Å². The fourth-order valence-electron chi connectivity index (χ4n) is 3.76. The van der Waals surface area contributed by atoms with E-state index < -0.39 is 0 Å². The minimum atomic E-state index is 0.0213. The van der Waals surface area contributed by atoms with E-state index in [0.717, 1.165) is 36.0 Å². The SMILES string of the molecule is CCCCc1c(C(=O)Cn2cc(C)c(C)c2)[nH]c(C(=O)Cc2ccccc2)c1C. The van der Waals surface area contributed by atoms with Crippen molar-refractivity contribution in [1.82, 2.24) is 9.55 Å². The average Bonchev–Trinajstić information content (AvgIpc) is 3.19. The van der Waals surface area contributed by atoms with Crippen molar-refractivity contribution in [3.8, 4) is 0 Å². The molecule has 2 aromatic heterocycles. The lowest BCUT2D eigenvalue weighted by atomic mass is 9.99. The number of nitrogens with zero attached hydrogens (tertiary/aromatic N) is 1. The van der Waals surface area contributed by atoms with Gasteiger partial charge in [0.2, 0.25) is 0 Å². The Balaban J connectivity index is 1.89. The van der Waals surface area contributed by atoms with Gasteiger partial charge in [0, 0.05) is 18.8 Å². The number of benzene rings is 1. The molecular formula is C25H30N2O2. The van der Waals surface area contributed by atoms with Gasteiger partial charge in [-0.05, 0) is 61.4 Å². The Morgan fingerprint density at radius 1 is 0.931 bits per heavy atom. The van der Waals surface area contributed by atoms with Crippen LogP contribution in [0, 0.1) is 20.8 Å². The first-order chi connectivity index (χ1) is 13.9. The van der Waals surface area contributed by atoms with Crippen LogP contribution in [-0.4, -0.2) is 21.1 Å². The molecule has 0 spiro atoms. The largest absolute Gasteiger partial charge is 0.349 e. The van der Waals surface area contributed by atoms with Gasteiger partial charge in [0.1, 0.15) is 0 Å². The molecule has 4 nitrogen and oxygen atoms in total. The summed E-state index contributed by atoms with van der Waals surface area (Å²) in [5.74, 6) is 0.0473. The van der Waals surface area contributed by atoms with Crippen molar-refractivity contribution >= 4 is 11.6 Å². The third kappa shape index (κ3) is 4.76. The molecule has 0 aliphatic heterocycles. The van der Waals surface area contributed by atoms with Gasteiger partial charge in [0.25, 0.3) is 0 Å². The van der Waals surface area contributed by atoms with Crippen LogP contribution in [-0.2, 0) is 19.4 Å². The highest BCUT2D eigenvalue weighted by Crippen LogP contribution is 2.23. The van der Waals surface area contributed by atoms with E-state index in [-0.39, 0.29) is 18.1 Å². The van der Waals surface area contributed by atoms with Crippen molar-refractivity contribution < 1.29 is 9.59 Å². The first-order valence-corrected chi connectivity index (χ1v) is 10.4. The number of Topliss-reactive ketones (excluding diaryl/α,β-unsaturated/α-hetero) is 2. The summed E-state index contributed by atoms with van der Waals surface area (Å²) in [6, 6.07) is 9.73. The summed E-state index contributed by atoms with van der Waals surface area (Å²) in [5.41, 5.74) is 6.40. The number of carbonyl (C=O) groups excluding carboxylic acids is 2. The van der Waals surface area contributed by atoms with Crippen LogP contribution < -0.4 is 0 Å². The van der Waals surface area contributed by atoms with E-state index in [1.807, 2.05) is 68.1 Å². The van der Waals surface area contributed by atoms with Crippen LogP contribution in [0.5, 0.6) is 0 Å². The predicted octanol–water partition coefficient (Wildman–Crippen LogP) is 5.39. The number of aryl methyl sites for hydroxylation is 2. The normalized spacial score (nSPS) is 11.0. The predicted molar refractivity (Wildman–Crippen MR) is 117 cm³/mol. The lowest BCUT2D eigenvalue weighted by Gasteiger charge is -2.05. The van der Waals surface area contributed by atoms with Crippen LogP contribution in [0.4, 0.5) is 0 Å². The summed E-state index contributed by atoms with van der Waals surface area (Å²) in [5, 5.41) is 0. The minimum Gasteiger partial charge on any atom is -0.349 e. The van der Waals surface area contributed by atoms with Crippen LogP contribution in [0.15, 0.2) is 42.7 Å². The molecule has 0 fully saturated rings. The number of carbonyl (C=O) groups is 2. The number of hydrogen-bond acceptors (Lipinski definition) is 2. The molecule has 0 unspecified atom stereocenters. The van der Waals surface area contributed by atoms with Crippen LogP contribution in [0.1, 0.15) is 68.6 Å². The van der Waals surface area contributed by atoms with Crippen molar-refractivity contribution in [1.29, 1.82) is 0 Å². The van der Waals surface area contributed by atoms with Gasteiger partial charge < -0.3 is 9.55 Å². The molecule has 1 N–H and O–H groups in total. The summed E-state index contributed by atoms with van der Waals surface area (Å²) >= 11 is 0. The molecule has 0 atom stereocenters. The van der Waals surface area contributed by atoms with Gasteiger partial charge in [-0.1, -0.05) is 43.7 Å². The topological polar surface area (TPSA) is 54.9 Å². The molecule has 152 valence electrons. The monoisotopic (exact) mass is 390 g/mol. The van der Waals surface area contributed by atoms with Crippen molar-refractivity contribution in [3.05, 3.63) is 81.9 Å². The molecule has 0 saturated carbocycles. The number of aromatic nitrogens is 2. The maximum atomic E-state index is 13.1. The van der Waals surface area contributed by atoms with E-state index in [1.54, 1.807) is 0 Å². The number of unbranched alkanes of at least 4 members (excludes halogenated alkanes) is 1. The summed E-state index contributed by atoms with van der Waals surface area (Å²) in [7, 11) is 0. The molecule has 1 aromatic carbocycles. The lowest BCUT2D eigenvalue weighted by Crippen LogP contribution is -2.12. The quantitative estimate of drug-likeness (QED) is 0.498. The molecule has 3 rings (SSSR count). The van der Waals surface area contributed by atoms with E-state index in [4.69, 9.17) is 0 Å².